The summed E-state index contributed by atoms with van der Waals surface area (Å²) in [5, 5.41) is 21.5. The van der Waals surface area contributed by atoms with Gasteiger partial charge in [0.1, 0.15) is 11.8 Å². The van der Waals surface area contributed by atoms with Gasteiger partial charge in [0, 0.05) is 12.8 Å². The van der Waals surface area contributed by atoms with Gasteiger partial charge in [-0.25, -0.2) is 9.59 Å². The normalized spacial score (nSPS) is 15.7. The molecule has 174 valence electrons. The number of rotatable bonds is 11. The molecule has 0 saturated carbocycles. The number of hydrogen-bond donors (Lipinski definition) is 4. The molecule has 0 aromatic rings. The van der Waals surface area contributed by atoms with E-state index in [0.717, 1.165) is 0 Å². The summed E-state index contributed by atoms with van der Waals surface area (Å²) in [6, 6.07) is -1.11. The van der Waals surface area contributed by atoms with E-state index in [-0.39, 0.29) is 31.1 Å². The molecule has 1 aliphatic heterocycles. The molecular formula is C19H35N3O8. The van der Waals surface area contributed by atoms with Crippen molar-refractivity contribution in [1.29, 1.82) is 0 Å². The van der Waals surface area contributed by atoms with Crippen molar-refractivity contribution in [2.24, 2.45) is 0 Å². The molecule has 0 radical (unpaired) electrons. The number of carbonyl (C=O) groups is 5. The lowest BCUT2D eigenvalue weighted by atomic mass is 10.1. The number of nitrogens with zero attached hydrogens (tertiary/aromatic N) is 1. The van der Waals surface area contributed by atoms with Crippen LogP contribution >= 0.6 is 0 Å². The Hall–Kier alpha value is -2.53. The van der Waals surface area contributed by atoms with Gasteiger partial charge in [-0.1, -0.05) is 20.8 Å². The van der Waals surface area contributed by atoms with Crippen LogP contribution < -0.4 is 10.6 Å². The quantitative estimate of drug-likeness (QED) is 0.271. The molecule has 2 atom stereocenters. The van der Waals surface area contributed by atoms with Crippen LogP contribution in [0, 0.1) is 0 Å². The maximum absolute atomic E-state index is 10.7. The lowest BCUT2D eigenvalue weighted by Crippen LogP contribution is -2.32. The SMILES string of the molecule is CCN(CC)CC.CN[C@@H](CCC(=O)O)C(C)=O.O=C(O)CC[C@@H]1NC(=O)OC1=O. The largest absolute Gasteiger partial charge is 0.481 e. The third-order valence-electron chi connectivity index (χ3n) is 4.24. The number of carbonyl (C=O) groups excluding carboxylic acids is 3. The van der Waals surface area contributed by atoms with Gasteiger partial charge in [0.15, 0.2) is 0 Å². The van der Waals surface area contributed by atoms with E-state index in [1.165, 1.54) is 26.6 Å². The minimum atomic E-state index is -1.01. The molecule has 4 N–H and O–H groups in total. The van der Waals surface area contributed by atoms with E-state index in [2.05, 4.69) is 41.0 Å². The van der Waals surface area contributed by atoms with Crippen molar-refractivity contribution in [2.75, 3.05) is 26.7 Å². The van der Waals surface area contributed by atoms with Crippen molar-refractivity contribution >= 4 is 29.8 Å². The lowest BCUT2D eigenvalue weighted by molar-refractivity contribution is -0.139. The first kappa shape index (κ1) is 29.7. The molecule has 11 heteroatoms. The van der Waals surface area contributed by atoms with Gasteiger partial charge >= 0.3 is 24.0 Å². The van der Waals surface area contributed by atoms with Gasteiger partial charge in [-0.2, -0.15) is 0 Å². The zero-order valence-corrected chi connectivity index (χ0v) is 18.4. The molecule has 30 heavy (non-hydrogen) atoms. The third-order valence-corrected chi connectivity index (χ3v) is 4.24. The smallest absolute Gasteiger partial charge is 0.415 e. The molecule has 1 saturated heterocycles. The number of aliphatic carboxylic acids is 2. The number of ketones is 1. The maximum atomic E-state index is 10.7. The molecule has 0 aromatic carbocycles. The molecule has 1 aliphatic rings. The molecule has 0 aliphatic carbocycles. The van der Waals surface area contributed by atoms with E-state index < -0.39 is 30.0 Å². The Morgan fingerprint density at radius 1 is 1.07 bits per heavy atom. The number of Topliss-reactive ketones (excluding diaryl/α,β-unsaturated/α-hetero) is 1. The van der Waals surface area contributed by atoms with E-state index in [1.54, 1.807) is 7.05 Å². The van der Waals surface area contributed by atoms with Gasteiger partial charge in [0.05, 0.1) is 6.04 Å². The van der Waals surface area contributed by atoms with E-state index in [1.807, 2.05) is 0 Å². The molecule has 1 rings (SSSR count). The Bertz CT molecular complexity index is 558. The van der Waals surface area contributed by atoms with Crippen LogP contribution in [-0.4, -0.2) is 83.7 Å². The van der Waals surface area contributed by atoms with Crippen LogP contribution in [0.15, 0.2) is 0 Å². The summed E-state index contributed by atoms with van der Waals surface area (Å²) < 4.78 is 4.12. The zero-order chi connectivity index (χ0) is 23.7. The van der Waals surface area contributed by atoms with Crippen LogP contribution in [0.5, 0.6) is 0 Å². The lowest BCUT2D eigenvalue weighted by Gasteiger charge is -2.13. The number of likely N-dealkylation sites (N-methyl/N-ethyl adjacent to an activating group) is 1. The first-order valence-corrected chi connectivity index (χ1v) is 9.87. The second-order valence-electron chi connectivity index (χ2n) is 6.34. The summed E-state index contributed by atoms with van der Waals surface area (Å²) in [6.07, 6.45) is -0.512. The number of cyclic esters (lactones) is 2. The fraction of sp³-hybridized carbons (Fsp3) is 0.737. The minimum Gasteiger partial charge on any atom is -0.481 e. The topological polar surface area (TPSA) is 162 Å². The Kier molecular flexibility index (Phi) is 17.1. The van der Waals surface area contributed by atoms with Gasteiger partial charge < -0.3 is 30.5 Å². The summed E-state index contributed by atoms with van der Waals surface area (Å²) in [7, 11) is 1.65. The third kappa shape index (κ3) is 15.4. The molecule has 0 aromatic heterocycles. The minimum absolute atomic E-state index is 0.0197. The second-order valence-corrected chi connectivity index (χ2v) is 6.34. The molecular weight excluding hydrogens is 398 g/mol. The first-order chi connectivity index (χ1) is 14.0. The Morgan fingerprint density at radius 3 is 1.83 bits per heavy atom. The van der Waals surface area contributed by atoms with E-state index in [9.17, 15) is 24.0 Å². The van der Waals surface area contributed by atoms with Crippen LogP contribution in [0.1, 0.15) is 53.4 Å². The summed E-state index contributed by atoms with van der Waals surface area (Å²) in [5.74, 6) is -2.61. The summed E-state index contributed by atoms with van der Waals surface area (Å²) in [6.45, 7) is 11.6. The molecule has 0 spiro atoms. The van der Waals surface area contributed by atoms with E-state index in [0.29, 0.717) is 6.42 Å². The Balaban J connectivity index is 0. The van der Waals surface area contributed by atoms with Crippen molar-refractivity contribution in [3.05, 3.63) is 0 Å². The number of alkyl carbamates (subject to hydrolysis) is 1. The summed E-state index contributed by atoms with van der Waals surface area (Å²) in [4.78, 5) is 54.4. The van der Waals surface area contributed by atoms with Crippen LogP contribution in [0.2, 0.25) is 0 Å². The number of nitrogens with one attached hydrogen (secondary N) is 2. The molecule has 0 bridgehead atoms. The zero-order valence-electron chi connectivity index (χ0n) is 18.4. The predicted molar refractivity (Wildman–Crippen MR) is 109 cm³/mol. The number of carboxylic acid groups (broad SMARTS) is 2. The van der Waals surface area contributed by atoms with Crippen molar-refractivity contribution in [2.45, 2.75) is 65.5 Å². The van der Waals surface area contributed by atoms with Crippen LogP contribution in [0.4, 0.5) is 4.79 Å². The number of carboxylic acids is 2. The Labute approximate surface area is 177 Å². The highest BCUT2D eigenvalue weighted by atomic mass is 16.6. The average Bonchev–Trinajstić information content (AvgIpc) is 2.99. The number of ether oxygens (including phenoxy) is 1. The maximum Gasteiger partial charge on any atom is 0.415 e. The average molecular weight is 434 g/mol. The summed E-state index contributed by atoms with van der Waals surface area (Å²) >= 11 is 0. The van der Waals surface area contributed by atoms with Gasteiger partial charge in [-0.3, -0.25) is 14.4 Å². The fourth-order valence-corrected chi connectivity index (χ4v) is 2.34. The van der Waals surface area contributed by atoms with Crippen molar-refractivity contribution < 1.29 is 38.9 Å². The van der Waals surface area contributed by atoms with Crippen LogP contribution in [0.25, 0.3) is 0 Å². The predicted octanol–water partition coefficient (Wildman–Crippen LogP) is 0.863. The molecule has 0 unspecified atom stereocenters. The van der Waals surface area contributed by atoms with Crippen molar-refractivity contribution in [1.82, 2.24) is 15.5 Å². The monoisotopic (exact) mass is 433 g/mol. The molecule has 1 heterocycles. The highest BCUT2D eigenvalue weighted by Crippen LogP contribution is 2.06. The van der Waals surface area contributed by atoms with E-state index in [4.69, 9.17) is 10.2 Å². The highest BCUT2D eigenvalue weighted by Gasteiger charge is 2.32. The van der Waals surface area contributed by atoms with Gasteiger partial charge in [0.2, 0.25) is 0 Å². The van der Waals surface area contributed by atoms with Crippen molar-refractivity contribution in [3.63, 3.8) is 0 Å². The summed E-state index contributed by atoms with van der Waals surface area (Å²) in [5.41, 5.74) is 0. The number of amides is 1. The standard InChI is InChI=1S/C7H13NO3.C6H7NO5.C6H15N/c1-5(9)6(8-2)3-4-7(10)11;8-4(9)2-1-3-5(10)12-6(11)7-3;1-4-7(5-2)6-3/h6,8H,3-4H2,1-2H3,(H,10,11);3H,1-2H2,(H,7,11)(H,8,9);4-6H2,1-3H3/t6-;3-;/m00./s1. The van der Waals surface area contributed by atoms with Crippen LogP contribution in [-0.2, 0) is 23.9 Å². The first-order valence-electron chi connectivity index (χ1n) is 9.87. The number of esters is 1. The molecule has 11 nitrogen and oxygen atoms in total. The van der Waals surface area contributed by atoms with Crippen LogP contribution in [0.3, 0.4) is 0 Å². The number of hydrogen-bond acceptors (Lipinski definition) is 8. The van der Waals surface area contributed by atoms with Gasteiger partial charge in [0.25, 0.3) is 0 Å². The Morgan fingerprint density at radius 2 is 1.57 bits per heavy atom. The molecule has 1 fully saturated rings. The van der Waals surface area contributed by atoms with Gasteiger partial charge in [-0.05, 0) is 46.4 Å². The second kappa shape index (κ2) is 17.3. The van der Waals surface area contributed by atoms with Gasteiger partial charge in [-0.15, -0.1) is 0 Å². The van der Waals surface area contributed by atoms with Crippen molar-refractivity contribution in [3.8, 4) is 0 Å². The van der Waals surface area contributed by atoms with E-state index >= 15 is 0 Å². The highest BCUT2D eigenvalue weighted by molar-refractivity contribution is 5.95. The fourth-order valence-electron chi connectivity index (χ4n) is 2.34. The molecule has 1 amide bonds.